The van der Waals surface area contributed by atoms with Crippen LogP contribution in [0.25, 0.3) is 5.69 Å². The molecule has 0 spiro atoms. The molecule has 0 N–H and O–H groups in total. The molecule has 1 aromatic carbocycles. The van der Waals surface area contributed by atoms with Gasteiger partial charge in [-0.3, -0.25) is 9.36 Å². The maximum absolute atomic E-state index is 12.7. The molecule has 2 aromatic rings. The van der Waals surface area contributed by atoms with E-state index in [-0.39, 0.29) is 5.92 Å². The molecule has 1 saturated heterocycles. The first-order valence-electron chi connectivity index (χ1n) is 9.54. The molecule has 5 nitrogen and oxygen atoms in total. The van der Waals surface area contributed by atoms with Crippen LogP contribution in [-0.2, 0) is 11.2 Å². The highest BCUT2D eigenvalue weighted by Gasteiger charge is 2.32. The fraction of sp³-hybridized carbons (Fsp3) is 0.550. The number of likely N-dealkylation sites (tertiary alicyclic amines) is 1. The molecule has 1 aromatic heterocycles. The van der Waals surface area contributed by atoms with Crippen molar-refractivity contribution in [2.24, 2.45) is 11.8 Å². The van der Waals surface area contributed by atoms with Gasteiger partial charge in [0.05, 0.1) is 0 Å². The Kier molecular flexibility index (Phi) is 4.81. The number of carbonyl (C=O) groups is 1. The van der Waals surface area contributed by atoms with E-state index in [2.05, 4.69) is 31.8 Å². The van der Waals surface area contributed by atoms with E-state index < -0.39 is 0 Å². The van der Waals surface area contributed by atoms with Crippen molar-refractivity contribution in [2.75, 3.05) is 13.1 Å². The van der Waals surface area contributed by atoms with Gasteiger partial charge in [-0.25, -0.2) is 0 Å². The molecule has 4 rings (SSSR count). The number of hydrogen-bond donors (Lipinski definition) is 0. The summed E-state index contributed by atoms with van der Waals surface area (Å²) in [6.07, 6.45) is 9.63. The Bertz CT molecular complexity index is 705. The lowest BCUT2D eigenvalue weighted by molar-refractivity contribution is -0.135. The molecule has 1 aliphatic carbocycles. The zero-order valence-corrected chi connectivity index (χ0v) is 14.7. The van der Waals surface area contributed by atoms with Crippen LogP contribution < -0.4 is 0 Å². The van der Waals surface area contributed by atoms with E-state index in [0.717, 1.165) is 50.3 Å². The summed E-state index contributed by atoms with van der Waals surface area (Å²) in [5.74, 6) is 2.15. The number of amides is 1. The molecule has 1 atom stereocenters. The Labute approximate surface area is 149 Å². The number of para-hydroxylation sites is 1. The van der Waals surface area contributed by atoms with Gasteiger partial charge in [0.2, 0.25) is 5.91 Å². The standard InChI is InChI=1S/C20H26N4O/c25-20(17-7-3-1-4-8-17)23-12-11-16(14-23)13-19-22-21-15-24(19)18-9-5-2-6-10-18/h2,5-6,9-10,15-17H,1,3-4,7-8,11-14H2. The van der Waals surface area contributed by atoms with Gasteiger partial charge in [-0.05, 0) is 37.3 Å². The molecule has 1 aliphatic heterocycles. The van der Waals surface area contributed by atoms with Crippen molar-refractivity contribution in [1.29, 1.82) is 0 Å². The van der Waals surface area contributed by atoms with Gasteiger partial charge >= 0.3 is 0 Å². The molecule has 2 fully saturated rings. The summed E-state index contributed by atoms with van der Waals surface area (Å²) in [6, 6.07) is 10.2. The summed E-state index contributed by atoms with van der Waals surface area (Å²) in [7, 11) is 0. The molecule has 1 unspecified atom stereocenters. The van der Waals surface area contributed by atoms with E-state index in [0.29, 0.717) is 11.8 Å². The number of benzene rings is 1. The number of hydrogen-bond acceptors (Lipinski definition) is 3. The minimum atomic E-state index is 0.278. The zero-order chi connectivity index (χ0) is 17.1. The number of aromatic nitrogens is 3. The summed E-state index contributed by atoms with van der Waals surface area (Å²) >= 11 is 0. The maximum atomic E-state index is 12.7. The van der Waals surface area contributed by atoms with Crippen LogP contribution in [0.1, 0.15) is 44.3 Å². The molecular formula is C20H26N4O. The molecule has 2 heterocycles. The first-order valence-corrected chi connectivity index (χ1v) is 9.54. The number of carbonyl (C=O) groups excluding carboxylic acids is 1. The van der Waals surface area contributed by atoms with Crippen molar-refractivity contribution < 1.29 is 4.79 Å². The van der Waals surface area contributed by atoms with Crippen molar-refractivity contribution in [3.05, 3.63) is 42.5 Å². The third-order valence-electron chi connectivity index (χ3n) is 5.68. The first kappa shape index (κ1) is 16.3. The van der Waals surface area contributed by atoms with Gasteiger partial charge < -0.3 is 4.90 Å². The van der Waals surface area contributed by atoms with E-state index in [1.165, 1.54) is 19.3 Å². The summed E-state index contributed by atoms with van der Waals surface area (Å²) in [6.45, 7) is 1.77. The Morgan fingerprint density at radius 3 is 2.68 bits per heavy atom. The summed E-state index contributed by atoms with van der Waals surface area (Å²) < 4.78 is 2.06. The smallest absolute Gasteiger partial charge is 0.225 e. The molecule has 1 amide bonds. The average Bonchev–Trinajstić information content (AvgIpc) is 3.33. The van der Waals surface area contributed by atoms with Crippen LogP contribution in [0, 0.1) is 11.8 Å². The highest BCUT2D eigenvalue weighted by Crippen LogP contribution is 2.29. The SMILES string of the molecule is O=C(C1CCCCC1)N1CCC(Cc2nncn2-c2ccccc2)C1. The highest BCUT2D eigenvalue weighted by atomic mass is 16.2. The van der Waals surface area contributed by atoms with E-state index >= 15 is 0 Å². The molecule has 1 saturated carbocycles. The minimum absolute atomic E-state index is 0.278. The fourth-order valence-corrected chi connectivity index (χ4v) is 4.27. The predicted octanol–water partition coefficient (Wildman–Crippen LogP) is 3.24. The first-order chi connectivity index (χ1) is 12.3. The van der Waals surface area contributed by atoms with Gasteiger partial charge in [0, 0.05) is 31.1 Å². The topological polar surface area (TPSA) is 51.0 Å². The van der Waals surface area contributed by atoms with Crippen molar-refractivity contribution in [1.82, 2.24) is 19.7 Å². The largest absolute Gasteiger partial charge is 0.342 e. The van der Waals surface area contributed by atoms with Crippen LogP contribution in [0.2, 0.25) is 0 Å². The van der Waals surface area contributed by atoms with Crippen LogP contribution in [0.3, 0.4) is 0 Å². The molecule has 0 radical (unpaired) electrons. The molecule has 5 heteroatoms. The van der Waals surface area contributed by atoms with Crippen molar-refractivity contribution in [3.63, 3.8) is 0 Å². The molecule has 2 aliphatic rings. The van der Waals surface area contributed by atoms with Gasteiger partial charge in [-0.1, -0.05) is 37.5 Å². The molecule has 0 bridgehead atoms. The lowest BCUT2D eigenvalue weighted by atomic mass is 9.88. The van der Waals surface area contributed by atoms with Crippen LogP contribution in [-0.4, -0.2) is 38.7 Å². The van der Waals surface area contributed by atoms with Gasteiger partial charge in [-0.15, -0.1) is 10.2 Å². The second-order valence-electron chi connectivity index (χ2n) is 7.43. The monoisotopic (exact) mass is 338 g/mol. The van der Waals surface area contributed by atoms with E-state index in [1.807, 2.05) is 18.2 Å². The highest BCUT2D eigenvalue weighted by molar-refractivity contribution is 5.79. The van der Waals surface area contributed by atoms with Crippen molar-refractivity contribution in [2.45, 2.75) is 44.9 Å². The van der Waals surface area contributed by atoms with E-state index in [1.54, 1.807) is 6.33 Å². The summed E-state index contributed by atoms with van der Waals surface area (Å²) in [5, 5.41) is 8.43. The second kappa shape index (κ2) is 7.38. The number of rotatable bonds is 4. The average molecular weight is 338 g/mol. The molecule has 25 heavy (non-hydrogen) atoms. The second-order valence-corrected chi connectivity index (χ2v) is 7.43. The van der Waals surface area contributed by atoms with Crippen LogP contribution in [0.5, 0.6) is 0 Å². The Morgan fingerprint density at radius 2 is 1.88 bits per heavy atom. The quantitative estimate of drug-likeness (QED) is 0.860. The van der Waals surface area contributed by atoms with E-state index in [9.17, 15) is 4.79 Å². The molecular weight excluding hydrogens is 312 g/mol. The van der Waals surface area contributed by atoms with Crippen LogP contribution in [0.4, 0.5) is 0 Å². The summed E-state index contributed by atoms with van der Waals surface area (Å²) in [5.41, 5.74) is 1.09. The molecule has 132 valence electrons. The fourth-order valence-electron chi connectivity index (χ4n) is 4.27. The lowest BCUT2D eigenvalue weighted by Crippen LogP contribution is -2.35. The zero-order valence-electron chi connectivity index (χ0n) is 14.7. The van der Waals surface area contributed by atoms with Gasteiger partial charge in [0.15, 0.2) is 0 Å². The third-order valence-corrected chi connectivity index (χ3v) is 5.68. The Balaban J connectivity index is 1.39. The van der Waals surface area contributed by atoms with Crippen LogP contribution in [0.15, 0.2) is 36.7 Å². The third kappa shape index (κ3) is 3.60. The predicted molar refractivity (Wildman–Crippen MR) is 96.3 cm³/mol. The van der Waals surface area contributed by atoms with Crippen LogP contribution >= 0.6 is 0 Å². The van der Waals surface area contributed by atoms with Gasteiger partial charge in [0.1, 0.15) is 12.2 Å². The van der Waals surface area contributed by atoms with Gasteiger partial charge in [-0.2, -0.15) is 0 Å². The van der Waals surface area contributed by atoms with E-state index in [4.69, 9.17) is 0 Å². The number of nitrogens with zero attached hydrogens (tertiary/aromatic N) is 4. The minimum Gasteiger partial charge on any atom is -0.342 e. The van der Waals surface area contributed by atoms with Gasteiger partial charge in [0.25, 0.3) is 0 Å². The normalized spacial score (nSPS) is 21.6. The Morgan fingerprint density at radius 1 is 1.08 bits per heavy atom. The maximum Gasteiger partial charge on any atom is 0.225 e. The lowest BCUT2D eigenvalue weighted by Gasteiger charge is -2.26. The van der Waals surface area contributed by atoms with Crippen molar-refractivity contribution in [3.8, 4) is 5.69 Å². The van der Waals surface area contributed by atoms with Crippen molar-refractivity contribution >= 4 is 5.91 Å². The summed E-state index contributed by atoms with van der Waals surface area (Å²) in [4.78, 5) is 14.8. The Hall–Kier alpha value is -2.17.